The van der Waals surface area contributed by atoms with Crippen molar-refractivity contribution in [3.05, 3.63) is 12.4 Å². The van der Waals surface area contributed by atoms with Gasteiger partial charge in [-0.1, -0.05) is 0 Å². The Morgan fingerprint density at radius 1 is 1.52 bits per heavy atom. The Balaban J connectivity index is 1.72. The predicted octanol–water partition coefficient (Wildman–Crippen LogP) is 0.0627. The zero-order valence-electron chi connectivity index (χ0n) is 11.6. The second kappa shape index (κ2) is 7.01. The molecule has 9 heteroatoms. The summed E-state index contributed by atoms with van der Waals surface area (Å²) in [6, 6.07) is 0. The van der Waals surface area contributed by atoms with Crippen molar-refractivity contribution in [1.82, 2.24) is 14.5 Å². The first-order valence-corrected chi connectivity index (χ1v) is 8.27. The Morgan fingerprint density at radius 2 is 2.29 bits per heavy atom. The monoisotopic (exact) mass is 317 g/mol. The number of aliphatic carboxylic acids is 1. The number of sulfonamides is 1. The molecule has 0 spiro atoms. The molecule has 1 aromatic rings. The summed E-state index contributed by atoms with van der Waals surface area (Å²) in [5.41, 5.74) is 0. The van der Waals surface area contributed by atoms with E-state index in [0.29, 0.717) is 18.9 Å². The normalized spacial score (nSPS) is 15.2. The third-order valence-corrected chi connectivity index (χ3v) is 4.44. The highest BCUT2D eigenvalue weighted by Crippen LogP contribution is 2.28. The molecule has 0 radical (unpaired) electrons. The van der Waals surface area contributed by atoms with E-state index in [-0.39, 0.29) is 18.0 Å². The molecular formula is C12H19N3O5S. The largest absolute Gasteiger partial charge is 0.480 e. The summed E-state index contributed by atoms with van der Waals surface area (Å²) in [6.45, 7) is 1.19. The lowest BCUT2D eigenvalue weighted by Gasteiger charge is -2.05. The fourth-order valence-corrected chi connectivity index (χ4v) is 2.73. The van der Waals surface area contributed by atoms with Crippen LogP contribution in [-0.4, -0.2) is 49.0 Å². The molecule has 1 saturated carbocycles. The molecule has 1 aromatic heterocycles. The van der Waals surface area contributed by atoms with Gasteiger partial charge in [-0.05, 0) is 25.2 Å². The predicted molar refractivity (Wildman–Crippen MR) is 73.2 cm³/mol. The van der Waals surface area contributed by atoms with Gasteiger partial charge in [0, 0.05) is 26.0 Å². The van der Waals surface area contributed by atoms with Crippen molar-refractivity contribution in [2.75, 3.05) is 19.8 Å². The van der Waals surface area contributed by atoms with E-state index in [2.05, 4.69) is 9.82 Å². The SMILES string of the molecule is O=C(O)Cn1cc(S(=O)(=O)NCCCOCC2CC2)cn1. The van der Waals surface area contributed by atoms with E-state index in [9.17, 15) is 13.2 Å². The van der Waals surface area contributed by atoms with Gasteiger partial charge in [0.2, 0.25) is 10.0 Å². The van der Waals surface area contributed by atoms with Crippen molar-refractivity contribution >= 4 is 16.0 Å². The summed E-state index contributed by atoms with van der Waals surface area (Å²) in [5, 5.41) is 12.3. The molecule has 0 aromatic carbocycles. The minimum Gasteiger partial charge on any atom is -0.480 e. The molecule has 0 atom stereocenters. The van der Waals surface area contributed by atoms with Crippen LogP contribution in [0.1, 0.15) is 19.3 Å². The highest BCUT2D eigenvalue weighted by atomic mass is 32.2. The zero-order chi connectivity index (χ0) is 15.3. The van der Waals surface area contributed by atoms with Crippen molar-refractivity contribution in [2.45, 2.75) is 30.7 Å². The first-order chi connectivity index (χ1) is 9.97. The molecule has 2 N–H and O–H groups in total. The number of carbonyl (C=O) groups is 1. The Hall–Kier alpha value is -1.45. The lowest BCUT2D eigenvalue weighted by Crippen LogP contribution is -2.25. The van der Waals surface area contributed by atoms with Crippen LogP contribution in [-0.2, 0) is 26.1 Å². The highest BCUT2D eigenvalue weighted by Gasteiger charge is 2.21. The number of rotatable bonds is 10. The molecule has 1 heterocycles. The molecule has 2 rings (SSSR count). The Kier molecular flexibility index (Phi) is 5.32. The van der Waals surface area contributed by atoms with Gasteiger partial charge in [-0.2, -0.15) is 5.10 Å². The summed E-state index contributed by atoms with van der Waals surface area (Å²) in [6.07, 6.45) is 5.38. The van der Waals surface area contributed by atoms with E-state index in [1.807, 2.05) is 0 Å². The van der Waals surface area contributed by atoms with Crippen LogP contribution in [0.2, 0.25) is 0 Å². The molecule has 0 amide bonds. The third kappa shape index (κ3) is 5.44. The maximum Gasteiger partial charge on any atom is 0.325 e. The smallest absolute Gasteiger partial charge is 0.325 e. The Bertz CT molecular complexity index is 579. The summed E-state index contributed by atoms with van der Waals surface area (Å²) >= 11 is 0. The molecule has 8 nitrogen and oxygen atoms in total. The molecule has 21 heavy (non-hydrogen) atoms. The molecule has 1 aliphatic rings. The van der Waals surface area contributed by atoms with Crippen LogP contribution in [0.15, 0.2) is 17.3 Å². The van der Waals surface area contributed by atoms with E-state index in [0.717, 1.165) is 17.5 Å². The van der Waals surface area contributed by atoms with Crippen LogP contribution in [0.4, 0.5) is 0 Å². The van der Waals surface area contributed by atoms with Crippen LogP contribution in [0.5, 0.6) is 0 Å². The number of ether oxygens (including phenoxy) is 1. The number of carboxylic acids is 1. The first kappa shape index (κ1) is 15.9. The van der Waals surface area contributed by atoms with Crippen molar-refractivity contribution in [3.63, 3.8) is 0 Å². The van der Waals surface area contributed by atoms with Gasteiger partial charge in [0.25, 0.3) is 0 Å². The van der Waals surface area contributed by atoms with Crippen molar-refractivity contribution in [3.8, 4) is 0 Å². The minimum atomic E-state index is -3.65. The molecule has 0 saturated heterocycles. The standard InChI is InChI=1S/C12H19N3O5S/c16-12(17)8-15-7-11(6-13-15)21(18,19)14-4-1-5-20-9-10-2-3-10/h6-7,10,14H,1-5,8-9H2,(H,16,17). The van der Waals surface area contributed by atoms with Gasteiger partial charge in [0.05, 0.1) is 6.20 Å². The van der Waals surface area contributed by atoms with E-state index in [4.69, 9.17) is 9.84 Å². The number of carboxylic acid groups (broad SMARTS) is 1. The number of nitrogens with zero attached hydrogens (tertiary/aromatic N) is 2. The van der Waals surface area contributed by atoms with Gasteiger partial charge in [-0.3, -0.25) is 9.48 Å². The second-order valence-corrected chi connectivity index (χ2v) is 6.80. The minimum absolute atomic E-state index is 0.0392. The average Bonchev–Trinajstić information content (AvgIpc) is 3.10. The van der Waals surface area contributed by atoms with Crippen molar-refractivity contribution in [2.24, 2.45) is 5.92 Å². The maximum absolute atomic E-state index is 11.9. The van der Waals surface area contributed by atoms with E-state index >= 15 is 0 Å². The lowest BCUT2D eigenvalue weighted by atomic mass is 10.4. The van der Waals surface area contributed by atoms with Crippen LogP contribution in [0, 0.1) is 5.92 Å². The molecule has 0 aliphatic heterocycles. The van der Waals surface area contributed by atoms with E-state index in [1.54, 1.807) is 0 Å². The number of nitrogens with one attached hydrogen (secondary N) is 1. The first-order valence-electron chi connectivity index (χ1n) is 6.79. The highest BCUT2D eigenvalue weighted by molar-refractivity contribution is 7.89. The Morgan fingerprint density at radius 3 is 2.95 bits per heavy atom. The van der Waals surface area contributed by atoms with Gasteiger partial charge < -0.3 is 9.84 Å². The third-order valence-electron chi connectivity index (χ3n) is 3.03. The van der Waals surface area contributed by atoms with Gasteiger partial charge in [0.1, 0.15) is 11.4 Å². The van der Waals surface area contributed by atoms with Crippen molar-refractivity contribution in [1.29, 1.82) is 0 Å². The Labute approximate surface area is 123 Å². The molecular weight excluding hydrogens is 298 g/mol. The number of aromatic nitrogens is 2. The summed E-state index contributed by atoms with van der Waals surface area (Å²) in [4.78, 5) is 10.5. The van der Waals surface area contributed by atoms with Gasteiger partial charge in [-0.25, -0.2) is 13.1 Å². The van der Waals surface area contributed by atoms with E-state index in [1.165, 1.54) is 19.0 Å². The van der Waals surface area contributed by atoms with Crippen molar-refractivity contribution < 1.29 is 23.1 Å². The van der Waals surface area contributed by atoms with E-state index < -0.39 is 16.0 Å². The molecule has 118 valence electrons. The molecule has 0 bridgehead atoms. The van der Waals surface area contributed by atoms with Gasteiger partial charge >= 0.3 is 5.97 Å². The fraction of sp³-hybridized carbons (Fsp3) is 0.667. The molecule has 1 aliphatic carbocycles. The lowest BCUT2D eigenvalue weighted by molar-refractivity contribution is -0.137. The van der Waals surface area contributed by atoms with Gasteiger partial charge in [-0.15, -0.1) is 0 Å². The van der Waals surface area contributed by atoms with Crippen LogP contribution >= 0.6 is 0 Å². The molecule has 1 fully saturated rings. The summed E-state index contributed by atoms with van der Waals surface area (Å²) < 4.78 is 32.8. The van der Waals surface area contributed by atoms with Crippen LogP contribution in [0.3, 0.4) is 0 Å². The van der Waals surface area contributed by atoms with Gasteiger partial charge in [0.15, 0.2) is 0 Å². The second-order valence-electron chi connectivity index (χ2n) is 5.04. The number of hydrogen-bond donors (Lipinski definition) is 2. The average molecular weight is 317 g/mol. The summed E-state index contributed by atoms with van der Waals surface area (Å²) in [7, 11) is -3.65. The molecule has 0 unspecified atom stereocenters. The number of hydrogen-bond acceptors (Lipinski definition) is 5. The zero-order valence-corrected chi connectivity index (χ0v) is 12.4. The topological polar surface area (TPSA) is 111 Å². The maximum atomic E-state index is 11.9. The summed E-state index contributed by atoms with van der Waals surface area (Å²) in [5.74, 6) is -0.385. The quantitative estimate of drug-likeness (QED) is 0.591. The van der Waals surface area contributed by atoms with Crippen LogP contribution < -0.4 is 4.72 Å². The van der Waals surface area contributed by atoms with Crippen LogP contribution in [0.25, 0.3) is 0 Å². The fourth-order valence-electron chi connectivity index (χ4n) is 1.71.